The van der Waals surface area contributed by atoms with Gasteiger partial charge in [-0.05, 0) is 6.42 Å². The van der Waals surface area contributed by atoms with Crippen LogP contribution in [-0.4, -0.2) is 17.1 Å². The van der Waals surface area contributed by atoms with Gasteiger partial charge in [-0.2, -0.15) is 0 Å². The molecule has 0 heterocycles. The second kappa shape index (κ2) is 5.91. The topological polar surface area (TPSA) is 26.3 Å². The lowest BCUT2D eigenvalue weighted by Crippen LogP contribution is -2.02. The Bertz CT molecular complexity index is 173. The normalized spacial score (nSPS) is 16.2. The molecule has 1 unspecified atom stereocenters. The fourth-order valence-corrected chi connectivity index (χ4v) is 1.36. The van der Waals surface area contributed by atoms with E-state index in [1.807, 2.05) is 0 Å². The zero-order chi connectivity index (χ0) is 8.74. The Labute approximate surface area is 74.2 Å². The summed E-state index contributed by atoms with van der Waals surface area (Å²) in [7, 11) is -2.38. The van der Waals surface area contributed by atoms with Crippen LogP contribution in [0.15, 0.2) is 0 Å². The predicted molar refractivity (Wildman–Crippen MR) is 51.5 cm³/mol. The van der Waals surface area contributed by atoms with Crippen LogP contribution in [0.2, 0.25) is 0 Å². The van der Waals surface area contributed by atoms with Crippen molar-refractivity contribution in [3.63, 3.8) is 0 Å². The molecule has 0 amide bonds. The molecule has 0 saturated carbocycles. The molecule has 4 heteroatoms. The maximum atomic E-state index is 10.8. The average molecular weight is 196 g/mol. The van der Waals surface area contributed by atoms with Crippen molar-refractivity contribution in [3.05, 3.63) is 0 Å². The summed E-state index contributed by atoms with van der Waals surface area (Å²) in [6.45, 7) is 2.69. The Morgan fingerprint density at radius 3 is 2.45 bits per heavy atom. The van der Waals surface area contributed by atoms with Gasteiger partial charge < -0.3 is 0 Å². The molecule has 0 aliphatic rings. The standard InChI is InChI=1S/C7H16O2S2/c1-3-4-5-6-7-9-11(2,8)10/h3-7H2,1-2H3. The maximum absolute atomic E-state index is 10.8. The van der Waals surface area contributed by atoms with E-state index in [1.165, 1.54) is 19.1 Å². The number of hydrogen-bond acceptors (Lipinski definition) is 3. The van der Waals surface area contributed by atoms with Crippen LogP contribution in [0, 0.1) is 0 Å². The van der Waals surface area contributed by atoms with Gasteiger partial charge in [-0.1, -0.05) is 26.2 Å². The van der Waals surface area contributed by atoms with Crippen LogP contribution in [0.1, 0.15) is 32.6 Å². The highest BCUT2D eigenvalue weighted by atomic mass is 32.8. The average Bonchev–Trinajstić information content (AvgIpc) is 1.85. The van der Waals surface area contributed by atoms with E-state index in [2.05, 4.69) is 18.1 Å². The van der Waals surface area contributed by atoms with Gasteiger partial charge in [0, 0.05) is 17.4 Å². The van der Waals surface area contributed by atoms with Gasteiger partial charge >= 0.3 is 0 Å². The smallest absolute Gasteiger partial charge is 0.141 e. The SMILES string of the molecule is CCCCCCOS(C)(=O)=S. The molecule has 0 N–H and O–H groups in total. The van der Waals surface area contributed by atoms with Crippen molar-refractivity contribution < 1.29 is 8.39 Å². The van der Waals surface area contributed by atoms with E-state index in [1.54, 1.807) is 0 Å². The highest BCUT2D eigenvalue weighted by molar-refractivity contribution is 8.29. The predicted octanol–water partition coefficient (Wildman–Crippen LogP) is 1.87. The molecule has 0 radical (unpaired) electrons. The third kappa shape index (κ3) is 10.3. The molecule has 0 bridgehead atoms. The van der Waals surface area contributed by atoms with Crippen molar-refractivity contribution in [1.82, 2.24) is 0 Å². The summed E-state index contributed by atoms with van der Waals surface area (Å²) in [5, 5.41) is 0. The Kier molecular flexibility index (Phi) is 6.09. The fraction of sp³-hybridized carbons (Fsp3) is 1.00. The first-order chi connectivity index (χ1) is 5.06. The highest BCUT2D eigenvalue weighted by Gasteiger charge is 1.95. The molecule has 11 heavy (non-hydrogen) atoms. The molecule has 1 atom stereocenters. The van der Waals surface area contributed by atoms with Gasteiger partial charge in [-0.25, -0.2) is 4.21 Å². The summed E-state index contributed by atoms with van der Waals surface area (Å²) in [5.41, 5.74) is 0. The largest absolute Gasteiger partial charge is 0.290 e. The van der Waals surface area contributed by atoms with Crippen LogP contribution in [0.3, 0.4) is 0 Å². The van der Waals surface area contributed by atoms with E-state index in [0.717, 1.165) is 12.8 Å². The zero-order valence-electron chi connectivity index (χ0n) is 7.17. The van der Waals surface area contributed by atoms with Gasteiger partial charge in [0.2, 0.25) is 0 Å². The van der Waals surface area contributed by atoms with E-state index in [0.29, 0.717) is 6.61 Å². The summed E-state index contributed by atoms with van der Waals surface area (Å²) in [5.74, 6) is 0. The number of hydrogen-bond donors (Lipinski definition) is 0. The monoisotopic (exact) mass is 196 g/mol. The highest BCUT2D eigenvalue weighted by Crippen LogP contribution is 2.00. The first kappa shape index (κ1) is 11.3. The van der Waals surface area contributed by atoms with Crippen LogP contribution in [0.25, 0.3) is 0 Å². The van der Waals surface area contributed by atoms with E-state index in [4.69, 9.17) is 4.18 Å². The lowest BCUT2D eigenvalue weighted by molar-refractivity contribution is 0.334. The molecule has 0 aromatic heterocycles. The molecule has 0 aromatic carbocycles. The van der Waals surface area contributed by atoms with Gasteiger partial charge in [0.05, 0.1) is 6.61 Å². The minimum absolute atomic E-state index is 0.541. The van der Waals surface area contributed by atoms with Crippen molar-refractivity contribution in [1.29, 1.82) is 0 Å². The Hall–Kier alpha value is 0.330. The Morgan fingerprint density at radius 2 is 2.00 bits per heavy atom. The van der Waals surface area contributed by atoms with Gasteiger partial charge in [0.25, 0.3) is 0 Å². The number of unbranched alkanes of at least 4 members (excludes halogenated alkanes) is 3. The fourth-order valence-electron chi connectivity index (χ4n) is 0.739. The molecule has 0 spiro atoms. The van der Waals surface area contributed by atoms with Crippen molar-refractivity contribution >= 4 is 20.0 Å². The van der Waals surface area contributed by atoms with Crippen LogP contribution in [0.5, 0.6) is 0 Å². The molecule has 0 fully saturated rings. The first-order valence-electron chi connectivity index (χ1n) is 3.90. The van der Waals surface area contributed by atoms with Crippen LogP contribution >= 0.6 is 0 Å². The quantitative estimate of drug-likeness (QED) is 0.607. The second-order valence-electron chi connectivity index (χ2n) is 2.59. The third-order valence-corrected chi connectivity index (χ3v) is 2.18. The van der Waals surface area contributed by atoms with Crippen LogP contribution in [-0.2, 0) is 24.1 Å². The maximum Gasteiger partial charge on any atom is 0.141 e. The van der Waals surface area contributed by atoms with E-state index < -0.39 is 8.77 Å². The van der Waals surface area contributed by atoms with Crippen LogP contribution in [0.4, 0.5) is 0 Å². The molecular weight excluding hydrogens is 180 g/mol. The lowest BCUT2D eigenvalue weighted by atomic mass is 10.2. The summed E-state index contributed by atoms with van der Waals surface area (Å²) < 4.78 is 15.7. The molecule has 2 nitrogen and oxygen atoms in total. The minimum Gasteiger partial charge on any atom is -0.290 e. The number of rotatable bonds is 6. The molecule has 0 saturated heterocycles. The van der Waals surface area contributed by atoms with Crippen molar-refractivity contribution in [2.24, 2.45) is 0 Å². The van der Waals surface area contributed by atoms with Gasteiger partial charge in [-0.15, -0.1) is 0 Å². The molecule has 0 rings (SSSR count). The lowest BCUT2D eigenvalue weighted by Gasteiger charge is -2.01. The van der Waals surface area contributed by atoms with Gasteiger partial charge in [-0.3, -0.25) is 4.18 Å². The van der Waals surface area contributed by atoms with E-state index in [9.17, 15) is 4.21 Å². The zero-order valence-corrected chi connectivity index (χ0v) is 8.80. The molecule has 0 aromatic rings. The summed E-state index contributed by atoms with van der Waals surface area (Å²) in [6.07, 6.45) is 5.97. The molecular formula is C7H16O2S2. The summed E-state index contributed by atoms with van der Waals surface area (Å²) in [4.78, 5) is 0. The Balaban J connectivity index is 3.16. The van der Waals surface area contributed by atoms with Crippen molar-refractivity contribution in [3.8, 4) is 0 Å². The summed E-state index contributed by atoms with van der Waals surface area (Å²) >= 11 is 4.57. The second-order valence-corrected chi connectivity index (χ2v) is 6.05. The first-order valence-corrected chi connectivity index (χ1v) is 6.72. The van der Waals surface area contributed by atoms with Gasteiger partial charge in [0.1, 0.15) is 8.77 Å². The van der Waals surface area contributed by atoms with Gasteiger partial charge in [0.15, 0.2) is 0 Å². The molecule has 0 aliphatic heterocycles. The van der Waals surface area contributed by atoms with E-state index >= 15 is 0 Å². The van der Waals surface area contributed by atoms with Crippen LogP contribution < -0.4 is 0 Å². The summed E-state index contributed by atoms with van der Waals surface area (Å²) in [6, 6.07) is 0. The third-order valence-electron chi connectivity index (χ3n) is 1.30. The Morgan fingerprint density at radius 1 is 1.36 bits per heavy atom. The molecule has 0 aliphatic carbocycles. The molecule has 68 valence electrons. The van der Waals surface area contributed by atoms with Crippen molar-refractivity contribution in [2.75, 3.05) is 12.9 Å². The minimum atomic E-state index is -2.38. The van der Waals surface area contributed by atoms with Crippen molar-refractivity contribution in [2.45, 2.75) is 32.6 Å². The van der Waals surface area contributed by atoms with E-state index in [-0.39, 0.29) is 0 Å².